The number of rotatable bonds is 9. The molecule has 0 fully saturated rings. The number of ether oxygens (including phenoxy) is 1. The largest absolute Gasteiger partial charge is 0.377 e. The van der Waals surface area contributed by atoms with E-state index in [1.54, 1.807) is 0 Å². The van der Waals surface area contributed by atoms with Crippen LogP contribution in [0.25, 0.3) is 0 Å². The number of hydrogen-bond acceptors (Lipinski definition) is 3. The van der Waals surface area contributed by atoms with Crippen molar-refractivity contribution in [3.63, 3.8) is 0 Å². The Kier molecular flexibility index (Phi) is 9.06. The molecule has 1 unspecified atom stereocenters. The molecule has 0 N–H and O–H groups in total. The summed E-state index contributed by atoms with van der Waals surface area (Å²) in [6.45, 7) is 11.8. The minimum absolute atomic E-state index is 0.378. The minimum Gasteiger partial charge on any atom is -0.377 e. The number of nitrogens with zero attached hydrogens (tertiary/aromatic N) is 2. The van der Waals surface area contributed by atoms with Crippen molar-refractivity contribution in [3.05, 3.63) is 0 Å². The van der Waals surface area contributed by atoms with E-state index in [4.69, 9.17) is 4.74 Å². The highest BCUT2D eigenvalue weighted by Crippen LogP contribution is 1.98. The van der Waals surface area contributed by atoms with Crippen molar-refractivity contribution < 1.29 is 4.74 Å². The van der Waals surface area contributed by atoms with E-state index < -0.39 is 0 Å². The second-order valence-electron chi connectivity index (χ2n) is 4.30. The molecule has 1 atom stereocenters. The molecule has 92 valence electrons. The van der Waals surface area contributed by atoms with Gasteiger partial charge in [0.2, 0.25) is 0 Å². The van der Waals surface area contributed by atoms with E-state index in [9.17, 15) is 0 Å². The predicted molar refractivity (Wildman–Crippen MR) is 66.4 cm³/mol. The SMILES string of the molecule is CCN(CC)CCOC(C)CCN(C)C. The highest BCUT2D eigenvalue weighted by Gasteiger charge is 2.04. The van der Waals surface area contributed by atoms with Gasteiger partial charge in [-0.3, -0.25) is 0 Å². The summed E-state index contributed by atoms with van der Waals surface area (Å²) in [5.74, 6) is 0. The molecule has 0 aliphatic rings. The average molecular weight is 216 g/mol. The zero-order valence-electron chi connectivity index (χ0n) is 11.1. The van der Waals surface area contributed by atoms with Crippen LogP contribution in [0.2, 0.25) is 0 Å². The first-order chi connectivity index (χ1) is 7.10. The Labute approximate surface area is 95.4 Å². The molecule has 15 heavy (non-hydrogen) atoms. The van der Waals surface area contributed by atoms with Gasteiger partial charge in [0.05, 0.1) is 12.7 Å². The molecule has 0 aliphatic heterocycles. The fourth-order valence-corrected chi connectivity index (χ4v) is 1.45. The topological polar surface area (TPSA) is 15.7 Å². The minimum atomic E-state index is 0.378. The summed E-state index contributed by atoms with van der Waals surface area (Å²) in [6, 6.07) is 0. The number of hydrogen-bond donors (Lipinski definition) is 0. The smallest absolute Gasteiger partial charge is 0.0597 e. The van der Waals surface area contributed by atoms with Crippen LogP contribution in [0.15, 0.2) is 0 Å². The van der Waals surface area contributed by atoms with Crippen LogP contribution in [0.5, 0.6) is 0 Å². The third kappa shape index (κ3) is 8.85. The highest BCUT2D eigenvalue weighted by atomic mass is 16.5. The first kappa shape index (κ1) is 14.9. The van der Waals surface area contributed by atoms with Crippen LogP contribution >= 0.6 is 0 Å². The van der Waals surface area contributed by atoms with Gasteiger partial charge in [0.15, 0.2) is 0 Å². The molecular weight excluding hydrogens is 188 g/mol. The van der Waals surface area contributed by atoms with E-state index in [0.717, 1.165) is 39.2 Å². The normalized spacial score (nSPS) is 13.8. The van der Waals surface area contributed by atoms with Crippen molar-refractivity contribution >= 4 is 0 Å². The highest BCUT2D eigenvalue weighted by molar-refractivity contribution is 4.56. The van der Waals surface area contributed by atoms with Crippen LogP contribution in [-0.2, 0) is 4.74 Å². The second kappa shape index (κ2) is 9.13. The molecular formula is C12H28N2O. The van der Waals surface area contributed by atoms with Crippen molar-refractivity contribution in [3.8, 4) is 0 Å². The summed E-state index contributed by atoms with van der Waals surface area (Å²) >= 11 is 0. The van der Waals surface area contributed by atoms with Crippen molar-refractivity contribution in [1.82, 2.24) is 9.80 Å². The van der Waals surface area contributed by atoms with Crippen molar-refractivity contribution in [2.45, 2.75) is 33.3 Å². The van der Waals surface area contributed by atoms with E-state index >= 15 is 0 Å². The van der Waals surface area contributed by atoms with E-state index in [-0.39, 0.29) is 0 Å². The van der Waals surface area contributed by atoms with Crippen molar-refractivity contribution in [1.29, 1.82) is 0 Å². The Bertz CT molecular complexity index is 136. The Morgan fingerprint density at radius 3 is 2.13 bits per heavy atom. The number of likely N-dealkylation sites (N-methyl/N-ethyl adjacent to an activating group) is 1. The Morgan fingerprint density at radius 1 is 1.07 bits per heavy atom. The van der Waals surface area contributed by atoms with Gasteiger partial charge in [0.1, 0.15) is 0 Å². The summed E-state index contributed by atoms with van der Waals surface area (Å²) in [4.78, 5) is 4.59. The lowest BCUT2D eigenvalue weighted by Crippen LogP contribution is -2.29. The van der Waals surface area contributed by atoms with Gasteiger partial charge in [-0.1, -0.05) is 13.8 Å². The van der Waals surface area contributed by atoms with E-state index in [0.29, 0.717) is 6.10 Å². The fraction of sp³-hybridized carbons (Fsp3) is 1.00. The monoisotopic (exact) mass is 216 g/mol. The maximum absolute atomic E-state index is 5.76. The van der Waals surface area contributed by atoms with E-state index in [1.165, 1.54) is 0 Å². The van der Waals surface area contributed by atoms with Crippen molar-refractivity contribution in [2.24, 2.45) is 0 Å². The van der Waals surface area contributed by atoms with Gasteiger partial charge in [0.25, 0.3) is 0 Å². The standard InChI is InChI=1S/C12H28N2O/c1-6-14(7-2)10-11-15-12(3)8-9-13(4)5/h12H,6-11H2,1-5H3. The van der Waals surface area contributed by atoms with Crippen LogP contribution in [-0.4, -0.2) is 62.8 Å². The Morgan fingerprint density at radius 2 is 1.67 bits per heavy atom. The molecule has 0 aromatic heterocycles. The summed E-state index contributed by atoms with van der Waals surface area (Å²) in [5, 5.41) is 0. The average Bonchev–Trinajstić information content (AvgIpc) is 2.21. The Hall–Kier alpha value is -0.120. The molecule has 0 radical (unpaired) electrons. The molecule has 0 aromatic rings. The van der Waals surface area contributed by atoms with Gasteiger partial charge in [-0.2, -0.15) is 0 Å². The first-order valence-corrected chi connectivity index (χ1v) is 6.08. The van der Waals surface area contributed by atoms with Gasteiger partial charge in [0, 0.05) is 6.54 Å². The molecule has 0 bridgehead atoms. The summed E-state index contributed by atoms with van der Waals surface area (Å²) < 4.78 is 5.76. The lowest BCUT2D eigenvalue weighted by atomic mass is 10.3. The molecule has 0 saturated carbocycles. The molecule has 3 heteroatoms. The molecule has 0 aliphatic carbocycles. The van der Waals surface area contributed by atoms with E-state index in [1.807, 2.05) is 0 Å². The van der Waals surface area contributed by atoms with Gasteiger partial charge >= 0.3 is 0 Å². The van der Waals surface area contributed by atoms with Crippen LogP contribution in [0.1, 0.15) is 27.2 Å². The second-order valence-corrected chi connectivity index (χ2v) is 4.30. The van der Waals surface area contributed by atoms with Gasteiger partial charge in [-0.25, -0.2) is 0 Å². The van der Waals surface area contributed by atoms with E-state index in [2.05, 4.69) is 44.7 Å². The zero-order chi connectivity index (χ0) is 11.7. The molecule has 0 amide bonds. The lowest BCUT2D eigenvalue weighted by Gasteiger charge is -2.20. The quantitative estimate of drug-likeness (QED) is 0.583. The fourth-order valence-electron chi connectivity index (χ4n) is 1.45. The molecule has 0 spiro atoms. The molecule has 0 saturated heterocycles. The van der Waals surface area contributed by atoms with Crippen LogP contribution in [0.3, 0.4) is 0 Å². The summed E-state index contributed by atoms with van der Waals surface area (Å²) in [7, 11) is 4.20. The predicted octanol–water partition coefficient (Wildman–Crippen LogP) is 1.68. The molecule has 0 aromatic carbocycles. The van der Waals surface area contributed by atoms with Crippen LogP contribution in [0.4, 0.5) is 0 Å². The summed E-state index contributed by atoms with van der Waals surface area (Å²) in [6.07, 6.45) is 1.49. The lowest BCUT2D eigenvalue weighted by molar-refractivity contribution is 0.0413. The van der Waals surface area contributed by atoms with Crippen LogP contribution < -0.4 is 0 Å². The third-order valence-electron chi connectivity index (χ3n) is 2.69. The van der Waals surface area contributed by atoms with Gasteiger partial charge in [-0.15, -0.1) is 0 Å². The molecule has 3 nitrogen and oxygen atoms in total. The van der Waals surface area contributed by atoms with Crippen LogP contribution in [0, 0.1) is 0 Å². The Balaban J connectivity index is 3.41. The van der Waals surface area contributed by atoms with Gasteiger partial charge < -0.3 is 14.5 Å². The van der Waals surface area contributed by atoms with Crippen molar-refractivity contribution in [2.75, 3.05) is 46.9 Å². The maximum Gasteiger partial charge on any atom is 0.0597 e. The first-order valence-electron chi connectivity index (χ1n) is 6.08. The summed E-state index contributed by atoms with van der Waals surface area (Å²) in [5.41, 5.74) is 0. The third-order valence-corrected chi connectivity index (χ3v) is 2.69. The molecule has 0 rings (SSSR count). The zero-order valence-corrected chi connectivity index (χ0v) is 11.1. The maximum atomic E-state index is 5.76. The van der Waals surface area contributed by atoms with Gasteiger partial charge in [-0.05, 0) is 47.1 Å². The molecule has 0 heterocycles.